The van der Waals surface area contributed by atoms with Gasteiger partial charge in [-0.2, -0.15) is 0 Å². The highest BCUT2D eigenvalue weighted by atomic mass is 16.5. The average Bonchev–Trinajstić information content (AvgIpc) is 2.99. The van der Waals surface area contributed by atoms with Crippen LogP contribution in [0.5, 0.6) is 11.5 Å². The Morgan fingerprint density at radius 2 is 1.73 bits per heavy atom. The first-order chi connectivity index (χ1) is 16.2. The standard InChI is InChI=1S/C27H28O6/c1-2-30-25(27(28)29)17-19-11-13-21(14-12-19)31-15-16-32-26-22-8-4-3-7-20(22)18-33-24-10-6-5-9-23(24)26/h3-14,25-26H,2,15-18H2,1H3,(H,28,29). The summed E-state index contributed by atoms with van der Waals surface area (Å²) in [4.78, 5) is 11.3. The normalized spacial score (nSPS) is 15.5. The predicted octanol–water partition coefficient (Wildman–Crippen LogP) is 4.80. The van der Waals surface area contributed by atoms with Crippen molar-refractivity contribution in [3.8, 4) is 11.5 Å². The summed E-state index contributed by atoms with van der Waals surface area (Å²) in [6.07, 6.45) is -0.753. The van der Waals surface area contributed by atoms with Crippen LogP contribution in [0.15, 0.2) is 72.8 Å². The molecular formula is C27H28O6. The van der Waals surface area contributed by atoms with Crippen LogP contribution in [0.25, 0.3) is 0 Å². The third-order valence-corrected chi connectivity index (χ3v) is 5.55. The molecule has 33 heavy (non-hydrogen) atoms. The van der Waals surface area contributed by atoms with Crippen molar-refractivity contribution in [2.24, 2.45) is 0 Å². The minimum atomic E-state index is -0.957. The first-order valence-corrected chi connectivity index (χ1v) is 11.1. The number of carbonyl (C=O) groups is 1. The number of para-hydroxylation sites is 1. The van der Waals surface area contributed by atoms with E-state index in [-0.39, 0.29) is 6.10 Å². The molecule has 0 radical (unpaired) electrons. The summed E-state index contributed by atoms with van der Waals surface area (Å²) < 4.78 is 23.4. The molecule has 0 spiro atoms. The van der Waals surface area contributed by atoms with Gasteiger partial charge in [-0.05, 0) is 41.8 Å². The van der Waals surface area contributed by atoms with Crippen LogP contribution in [0.4, 0.5) is 0 Å². The van der Waals surface area contributed by atoms with E-state index in [1.165, 1.54) is 0 Å². The number of hydrogen-bond donors (Lipinski definition) is 1. The third-order valence-electron chi connectivity index (χ3n) is 5.55. The Hall–Kier alpha value is -3.35. The van der Waals surface area contributed by atoms with E-state index in [1.54, 1.807) is 6.92 Å². The molecule has 0 amide bonds. The molecular weight excluding hydrogens is 420 g/mol. The van der Waals surface area contributed by atoms with E-state index in [2.05, 4.69) is 12.1 Å². The van der Waals surface area contributed by atoms with Crippen molar-refractivity contribution in [2.75, 3.05) is 19.8 Å². The summed E-state index contributed by atoms with van der Waals surface area (Å²) in [5.41, 5.74) is 4.11. The molecule has 4 rings (SSSR count). The van der Waals surface area contributed by atoms with Crippen molar-refractivity contribution in [1.29, 1.82) is 0 Å². The molecule has 1 aliphatic rings. The number of carboxylic acid groups (broad SMARTS) is 1. The van der Waals surface area contributed by atoms with Crippen molar-refractivity contribution in [1.82, 2.24) is 0 Å². The van der Waals surface area contributed by atoms with Gasteiger partial charge < -0.3 is 24.1 Å². The van der Waals surface area contributed by atoms with Gasteiger partial charge in [-0.1, -0.05) is 54.6 Å². The maximum Gasteiger partial charge on any atom is 0.333 e. The van der Waals surface area contributed by atoms with E-state index in [9.17, 15) is 9.90 Å². The third kappa shape index (κ3) is 5.72. The summed E-state index contributed by atoms with van der Waals surface area (Å²) in [5.74, 6) is 0.582. The quantitative estimate of drug-likeness (QED) is 0.449. The van der Waals surface area contributed by atoms with Crippen molar-refractivity contribution < 1.29 is 28.8 Å². The van der Waals surface area contributed by atoms with E-state index in [0.717, 1.165) is 28.0 Å². The summed E-state index contributed by atoms with van der Waals surface area (Å²) in [5, 5.41) is 9.24. The molecule has 3 aromatic carbocycles. The average molecular weight is 449 g/mol. The molecule has 3 aromatic rings. The number of hydrogen-bond acceptors (Lipinski definition) is 5. The first kappa shape index (κ1) is 22.8. The molecule has 0 fully saturated rings. The second-order valence-electron chi connectivity index (χ2n) is 7.75. The Kier molecular flexibility index (Phi) is 7.60. The number of benzene rings is 3. The molecule has 2 unspecified atom stereocenters. The van der Waals surface area contributed by atoms with E-state index in [0.29, 0.717) is 38.6 Å². The number of fused-ring (bicyclic) bond motifs is 2. The molecule has 172 valence electrons. The van der Waals surface area contributed by atoms with Crippen molar-refractivity contribution in [3.63, 3.8) is 0 Å². The van der Waals surface area contributed by atoms with Gasteiger partial charge in [0.25, 0.3) is 0 Å². The Morgan fingerprint density at radius 1 is 1.00 bits per heavy atom. The molecule has 0 saturated carbocycles. The van der Waals surface area contributed by atoms with Gasteiger partial charge in [0.15, 0.2) is 6.10 Å². The van der Waals surface area contributed by atoms with Gasteiger partial charge in [-0.3, -0.25) is 0 Å². The lowest BCUT2D eigenvalue weighted by Crippen LogP contribution is -2.26. The van der Waals surface area contributed by atoms with E-state index < -0.39 is 12.1 Å². The number of aliphatic carboxylic acids is 1. The van der Waals surface area contributed by atoms with Gasteiger partial charge in [0.05, 0.1) is 6.61 Å². The SMILES string of the molecule is CCOC(Cc1ccc(OCCOC2c3ccccc3COc3ccccc32)cc1)C(=O)O. The number of ether oxygens (including phenoxy) is 4. The lowest BCUT2D eigenvalue weighted by molar-refractivity contribution is -0.149. The van der Waals surface area contributed by atoms with Crippen LogP contribution in [-0.2, 0) is 27.3 Å². The van der Waals surface area contributed by atoms with Crippen LogP contribution in [0.1, 0.15) is 35.3 Å². The van der Waals surface area contributed by atoms with Crippen LogP contribution in [-0.4, -0.2) is 37.0 Å². The zero-order valence-corrected chi connectivity index (χ0v) is 18.6. The fourth-order valence-corrected chi connectivity index (χ4v) is 3.93. The maximum absolute atomic E-state index is 11.3. The summed E-state index contributed by atoms with van der Waals surface area (Å²) in [6, 6.07) is 23.5. The molecule has 0 saturated heterocycles. The monoisotopic (exact) mass is 448 g/mol. The Morgan fingerprint density at radius 3 is 2.48 bits per heavy atom. The zero-order valence-electron chi connectivity index (χ0n) is 18.6. The highest BCUT2D eigenvalue weighted by molar-refractivity contribution is 5.72. The van der Waals surface area contributed by atoms with E-state index in [1.807, 2.05) is 60.7 Å². The topological polar surface area (TPSA) is 74.2 Å². The fraction of sp³-hybridized carbons (Fsp3) is 0.296. The van der Waals surface area contributed by atoms with Crippen LogP contribution >= 0.6 is 0 Å². The van der Waals surface area contributed by atoms with Crippen LogP contribution in [0, 0.1) is 0 Å². The summed E-state index contributed by atoms with van der Waals surface area (Å²) in [7, 11) is 0. The predicted molar refractivity (Wildman–Crippen MR) is 124 cm³/mol. The Labute approximate surface area is 193 Å². The van der Waals surface area contributed by atoms with Gasteiger partial charge in [-0.15, -0.1) is 0 Å². The molecule has 1 heterocycles. The lowest BCUT2D eigenvalue weighted by atomic mass is 9.97. The molecule has 1 N–H and O–H groups in total. The van der Waals surface area contributed by atoms with Crippen LogP contribution in [0.2, 0.25) is 0 Å². The van der Waals surface area contributed by atoms with Gasteiger partial charge in [-0.25, -0.2) is 4.79 Å². The number of rotatable bonds is 10. The van der Waals surface area contributed by atoms with Gasteiger partial charge in [0.2, 0.25) is 0 Å². The van der Waals surface area contributed by atoms with E-state index >= 15 is 0 Å². The van der Waals surface area contributed by atoms with Gasteiger partial charge in [0.1, 0.15) is 30.8 Å². The summed E-state index contributed by atoms with van der Waals surface area (Å²) in [6.45, 7) is 3.45. The maximum atomic E-state index is 11.3. The zero-order chi connectivity index (χ0) is 23.0. The molecule has 6 heteroatoms. The fourth-order valence-electron chi connectivity index (χ4n) is 3.93. The van der Waals surface area contributed by atoms with Crippen molar-refractivity contribution in [3.05, 3.63) is 95.1 Å². The second-order valence-corrected chi connectivity index (χ2v) is 7.75. The van der Waals surface area contributed by atoms with Gasteiger partial charge >= 0.3 is 5.97 Å². The minimum absolute atomic E-state index is 0.225. The Bertz CT molecular complexity index is 1010. The summed E-state index contributed by atoms with van der Waals surface area (Å²) >= 11 is 0. The van der Waals surface area contributed by atoms with Gasteiger partial charge in [0, 0.05) is 18.6 Å². The Balaban J connectivity index is 1.35. The molecule has 0 aliphatic carbocycles. The molecule has 0 bridgehead atoms. The van der Waals surface area contributed by atoms with E-state index in [4.69, 9.17) is 18.9 Å². The second kappa shape index (κ2) is 11.0. The molecule has 0 aromatic heterocycles. The minimum Gasteiger partial charge on any atom is -0.491 e. The largest absolute Gasteiger partial charge is 0.491 e. The molecule has 6 nitrogen and oxygen atoms in total. The smallest absolute Gasteiger partial charge is 0.333 e. The molecule has 1 aliphatic heterocycles. The van der Waals surface area contributed by atoms with Crippen molar-refractivity contribution >= 4 is 5.97 Å². The van der Waals surface area contributed by atoms with Crippen molar-refractivity contribution in [2.45, 2.75) is 32.2 Å². The number of carboxylic acids is 1. The highest BCUT2D eigenvalue weighted by Crippen LogP contribution is 2.37. The lowest BCUT2D eigenvalue weighted by Gasteiger charge is -2.20. The highest BCUT2D eigenvalue weighted by Gasteiger charge is 2.25. The first-order valence-electron chi connectivity index (χ1n) is 11.1. The van der Waals surface area contributed by atoms with Crippen LogP contribution < -0.4 is 9.47 Å². The molecule has 2 atom stereocenters. The van der Waals surface area contributed by atoms with Crippen LogP contribution in [0.3, 0.4) is 0 Å².